The molecule has 0 fully saturated rings. The summed E-state index contributed by atoms with van der Waals surface area (Å²) < 4.78 is 3.31. The fourth-order valence-electron chi connectivity index (χ4n) is 2.41. The van der Waals surface area contributed by atoms with E-state index < -0.39 is 0 Å². The third kappa shape index (κ3) is 1.87. The second-order valence-electron chi connectivity index (χ2n) is 4.83. The number of hydrogen-bond donors (Lipinski definition) is 1. The Morgan fingerprint density at radius 2 is 1.75 bits per heavy atom. The largest absolute Gasteiger partial charge is 0.493 e. The van der Waals surface area contributed by atoms with E-state index in [-0.39, 0.29) is 5.88 Å². The number of para-hydroxylation sites is 1. The number of benzene rings is 1. The van der Waals surface area contributed by atoms with Crippen molar-refractivity contribution in [3.8, 4) is 22.8 Å². The first-order valence-electron chi connectivity index (χ1n) is 6.43. The summed E-state index contributed by atoms with van der Waals surface area (Å²) in [6.45, 7) is 3.81. The number of aromatic hydroxyl groups is 1. The third-order valence-electron chi connectivity index (χ3n) is 3.29. The van der Waals surface area contributed by atoms with E-state index in [0.29, 0.717) is 0 Å². The van der Waals surface area contributed by atoms with Crippen LogP contribution in [0.5, 0.6) is 5.88 Å². The van der Waals surface area contributed by atoms with Crippen molar-refractivity contribution < 1.29 is 5.11 Å². The summed E-state index contributed by atoms with van der Waals surface area (Å²) in [5.41, 5.74) is 4.10. The van der Waals surface area contributed by atoms with Gasteiger partial charge in [-0.1, -0.05) is 18.2 Å². The van der Waals surface area contributed by atoms with E-state index in [1.807, 2.05) is 57.3 Å². The molecule has 0 atom stereocenters. The van der Waals surface area contributed by atoms with Crippen LogP contribution in [-0.2, 0) is 7.05 Å². The third-order valence-corrected chi connectivity index (χ3v) is 3.29. The molecular formula is C15H16N4O. The molecule has 3 aromatic rings. The van der Waals surface area contributed by atoms with Crippen molar-refractivity contribution in [2.24, 2.45) is 7.05 Å². The van der Waals surface area contributed by atoms with Gasteiger partial charge in [-0.2, -0.15) is 10.2 Å². The van der Waals surface area contributed by atoms with Gasteiger partial charge in [0, 0.05) is 7.05 Å². The standard InChI is InChI=1S/C15H16N4O/c1-10-9-13(18(3)16-10)14-11(2)17-19(15(14)20)12-7-5-4-6-8-12/h4-9,20H,1-3H3. The molecule has 0 spiro atoms. The van der Waals surface area contributed by atoms with Gasteiger partial charge in [0.1, 0.15) is 0 Å². The molecule has 2 heterocycles. The van der Waals surface area contributed by atoms with Gasteiger partial charge in [0.25, 0.3) is 0 Å². The summed E-state index contributed by atoms with van der Waals surface area (Å²) in [5, 5.41) is 19.3. The average molecular weight is 268 g/mol. The Labute approximate surface area is 117 Å². The molecule has 5 nitrogen and oxygen atoms in total. The molecule has 0 unspecified atom stereocenters. The van der Waals surface area contributed by atoms with Crippen LogP contribution >= 0.6 is 0 Å². The summed E-state index contributed by atoms with van der Waals surface area (Å²) in [6.07, 6.45) is 0. The van der Waals surface area contributed by atoms with Crippen LogP contribution in [0.3, 0.4) is 0 Å². The maximum atomic E-state index is 10.5. The van der Waals surface area contributed by atoms with Gasteiger partial charge in [0.15, 0.2) is 0 Å². The van der Waals surface area contributed by atoms with Crippen LogP contribution in [0.4, 0.5) is 0 Å². The van der Waals surface area contributed by atoms with Gasteiger partial charge in [-0.3, -0.25) is 4.68 Å². The first-order valence-corrected chi connectivity index (χ1v) is 6.43. The smallest absolute Gasteiger partial charge is 0.224 e. The first kappa shape index (κ1) is 12.5. The number of aryl methyl sites for hydroxylation is 3. The maximum absolute atomic E-state index is 10.5. The van der Waals surface area contributed by atoms with E-state index in [2.05, 4.69) is 10.2 Å². The second kappa shape index (κ2) is 4.52. The van der Waals surface area contributed by atoms with Crippen molar-refractivity contribution in [2.45, 2.75) is 13.8 Å². The van der Waals surface area contributed by atoms with Crippen LogP contribution in [0.25, 0.3) is 16.9 Å². The highest BCUT2D eigenvalue weighted by Crippen LogP contribution is 2.34. The molecule has 0 saturated carbocycles. The van der Waals surface area contributed by atoms with Crippen molar-refractivity contribution >= 4 is 0 Å². The van der Waals surface area contributed by atoms with Crippen molar-refractivity contribution in [1.82, 2.24) is 19.6 Å². The van der Waals surface area contributed by atoms with Gasteiger partial charge >= 0.3 is 0 Å². The Bertz CT molecular complexity index is 756. The molecular weight excluding hydrogens is 252 g/mol. The number of aromatic nitrogens is 4. The Balaban J connectivity index is 2.20. The summed E-state index contributed by atoms with van der Waals surface area (Å²) in [7, 11) is 1.86. The van der Waals surface area contributed by atoms with Crippen molar-refractivity contribution in [3.63, 3.8) is 0 Å². The molecule has 0 amide bonds. The number of rotatable bonds is 2. The van der Waals surface area contributed by atoms with Gasteiger partial charge in [0.2, 0.25) is 5.88 Å². The average Bonchev–Trinajstić information content (AvgIpc) is 2.90. The lowest BCUT2D eigenvalue weighted by molar-refractivity contribution is 0.435. The minimum absolute atomic E-state index is 0.136. The quantitative estimate of drug-likeness (QED) is 0.777. The fourth-order valence-corrected chi connectivity index (χ4v) is 2.41. The van der Waals surface area contributed by atoms with Crippen LogP contribution in [0, 0.1) is 13.8 Å². The Morgan fingerprint density at radius 1 is 1.05 bits per heavy atom. The zero-order chi connectivity index (χ0) is 14.3. The highest BCUT2D eigenvalue weighted by molar-refractivity contribution is 5.69. The van der Waals surface area contributed by atoms with E-state index in [1.165, 1.54) is 0 Å². The highest BCUT2D eigenvalue weighted by Gasteiger charge is 2.20. The maximum Gasteiger partial charge on any atom is 0.224 e. The molecule has 2 aromatic heterocycles. The van der Waals surface area contributed by atoms with Gasteiger partial charge in [0.05, 0.1) is 28.3 Å². The SMILES string of the molecule is Cc1cc(-c2c(C)nn(-c3ccccc3)c2O)n(C)n1. The van der Waals surface area contributed by atoms with E-state index in [0.717, 1.165) is 28.3 Å². The van der Waals surface area contributed by atoms with Gasteiger partial charge in [-0.05, 0) is 32.0 Å². The van der Waals surface area contributed by atoms with Crippen LogP contribution in [0.2, 0.25) is 0 Å². The van der Waals surface area contributed by atoms with E-state index in [4.69, 9.17) is 0 Å². The summed E-state index contributed by atoms with van der Waals surface area (Å²) in [6, 6.07) is 11.5. The van der Waals surface area contributed by atoms with Crippen molar-refractivity contribution in [2.75, 3.05) is 0 Å². The topological polar surface area (TPSA) is 55.9 Å². The van der Waals surface area contributed by atoms with Crippen LogP contribution in [0.1, 0.15) is 11.4 Å². The molecule has 1 aromatic carbocycles. The normalized spacial score (nSPS) is 10.9. The monoisotopic (exact) mass is 268 g/mol. The zero-order valence-electron chi connectivity index (χ0n) is 11.7. The highest BCUT2D eigenvalue weighted by atomic mass is 16.3. The zero-order valence-corrected chi connectivity index (χ0v) is 11.7. The molecule has 20 heavy (non-hydrogen) atoms. The Hall–Kier alpha value is -2.56. The van der Waals surface area contributed by atoms with E-state index in [9.17, 15) is 5.11 Å². The Morgan fingerprint density at radius 3 is 2.35 bits per heavy atom. The molecule has 0 aliphatic carbocycles. The van der Waals surface area contributed by atoms with Crippen LogP contribution < -0.4 is 0 Å². The molecule has 0 aliphatic heterocycles. The molecule has 0 saturated heterocycles. The predicted octanol–water partition coefficient (Wildman–Crippen LogP) is 2.60. The summed E-state index contributed by atoms with van der Waals surface area (Å²) in [4.78, 5) is 0. The molecule has 102 valence electrons. The van der Waals surface area contributed by atoms with E-state index >= 15 is 0 Å². The molecule has 1 N–H and O–H groups in total. The molecule has 0 radical (unpaired) electrons. The molecule has 3 rings (SSSR count). The van der Waals surface area contributed by atoms with Crippen molar-refractivity contribution in [3.05, 3.63) is 47.8 Å². The lowest BCUT2D eigenvalue weighted by Crippen LogP contribution is -1.95. The molecule has 0 bridgehead atoms. The van der Waals surface area contributed by atoms with Gasteiger partial charge in [-0.25, -0.2) is 4.68 Å². The van der Waals surface area contributed by atoms with Gasteiger partial charge < -0.3 is 5.11 Å². The fraction of sp³-hybridized carbons (Fsp3) is 0.200. The Kier molecular flexibility index (Phi) is 2.82. The first-order chi connectivity index (χ1) is 9.58. The lowest BCUT2D eigenvalue weighted by atomic mass is 10.1. The minimum atomic E-state index is 0.136. The van der Waals surface area contributed by atoms with Gasteiger partial charge in [-0.15, -0.1) is 0 Å². The number of hydrogen-bond acceptors (Lipinski definition) is 3. The summed E-state index contributed by atoms with van der Waals surface area (Å²) >= 11 is 0. The van der Waals surface area contributed by atoms with Crippen LogP contribution in [0.15, 0.2) is 36.4 Å². The molecule has 0 aliphatic rings. The van der Waals surface area contributed by atoms with Crippen LogP contribution in [-0.4, -0.2) is 24.7 Å². The van der Waals surface area contributed by atoms with Crippen molar-refractivity contribution in [1.29, 1.82) is 0 Å². The lowest BCUT2D eigenvalue weighted by Gasteiger charge is -2.04. The second-order valence-corrected chi connectivity index (χ2v) is 4.83. The summed E-state index contributed by atoms with van der Waals surface area (Å²) in [5.74, 6) is 0.136. The predicted molar refractivity (Wildman–Crippen MR) is 76.9 cm³/mol. The number of nitrogens with zero attached hydrogens (tertiary/aromatic N) is 4. The molecule has 5 heteroatoms. The van der Waals surface area contributed by atoms with E-state index in [1.54, 1.807) is 9.36 Å². The minimum Gasteiger partial charge on any atom is -0.493 e.